The Balaban J connectivity index is 1.89. The van der Waals surface area contributed by atoms with Crippen LogP contribution in [0.15, 0.2) is 53.0 Å². The Bertz CT molecular complexity index is 1170. The third-order valence-electron chi connectivity index (χ3n) is 5.35. The molecule has 0 bridgehead atoms. The number of methoxy groups -OCH3 is 1. The normalized spacial score (nSPS) is 19.0. The zero-order chi connectivity index (χ0) is 22.3. The second kappa shape index (κ2) is 8.12. The van der Waals surface area contributed by atoms with Crippen molar-refractivity contribution in [3.05, 3.63) is 74.6 Å². The first kappa shape index (κ1) is 21.6. The van der Waals surface area contributed by atoms with Crippen molar-refractivity contribution in [1.29, 1.82) is 0 Å². The van der Waals surface area contributed by atoms with Crippen LogP contribution in [0.2, 0.25) is 0 Å². The highest BCUT2D eigenvalue weighted by Gasteiger charge is 2.43. The molecule has 2 N–H and O–H groups in total. The number of nitroso groups, excluding NO2 is 1. The summed E-state index contributed by atoms with van der Waals surface area (Å²) in [6.07, 6.45) is -5.71. The van der Waals surface area contributed by atoms with Crippen molar-refractivity contribution in [3.8, 4) is 11.5 Å². The predicted octanol–water partition coefficient (Wildman–Crippen LogP) is 5.37. The van der Waals surface area contributed by atoms with Crippen LogP contribution >= 0.6 is 15.9 Å². The molecular formula is C22H19BrF3N2O3+. The summed E-state index contributed by atoms with van der Waals surface area (Å²) in [5.74, 6) is 0.152. The summed E-state index contributed by atoms with van der Waals surface area (Å²) in [5, 5.41) is 1.76. The second-order valence-electron chi connectivity index (χ2n) is 7.31. The molecule has 3 aromatic rings. The lowest BCUT2D eigenvalue weighted by atomic mass is 9.92. The summed E-state index contributed by atoms with van der Waals surface area (Å²) >= 11 is 3.44. The molecule has 2 atom stereocenters. The van der Waals surface area contributed by atoms with E-state index in [-0.39, 0.29) is 18.5 Å². The van der Waals surface area contributed by atoms with Crippen molar-refractivity contribution in [3.63, 3.8) is 0 Å². The van der Waals surface area contributed by atoms with Crippen LogP contribution in [0.4, 0.5) is 13.2 Å². The van der Waals surface area contributed by atoms with Gasteiger partial charge in [0.1, 0.15) is 11.5 Å². The number of rotatable bonds is 3. The first-order chi connectivity index (χ1) is 14.7. The third kappa shape index (κ3) is 4.12. The van der Waals surface area contributed by atoms with Crippen LogP contribution in [-0.4, -0.2) is 24.6 Å². The maximum atomic E-state index is 13.6. The smallest absolute Gasteiger partial charge is 0.419 e. The van der Waals surface area contributed by atoms with E-state index in [0.717, 1.165) is 26.9 Å². The van der Waals surface area contributed by atoms with E-state index in [2.05, 4.69) is 15.9 Å². The molecule has 1 heterocycles. The molecule has 2 unspecified atom stereocenters. The standard InChI is InChI=1S/C22H19BrF3N2O3/c1-30-19-8-5-12-9-13(23)6-7-14(12)16(19)10-18-15-3-2-4-17(22(24,25)26)21(15)31-20(27)11-28(18)29/h2-9,18,20H,10-11,27H2,1H3/q+1. The van der Waals surface area contributed by atoms with E-state index >= 15 is 0 Å². The third-order valence-corrected chi connectivity index (χ3v) is 5.85. The number of hydrogen-bond donors (Lipinski definition) is 1. The van der Waals surface area contributed by atoms with Gasteiger partial charge in [0.05, 0.1) is 18.2 Å². The quantitative estimate of drug-likeness (QED) is 0.496. The van der Waals surface area contributed by atoms with Crippen molar-refractivity contribution < 1.29 is 27.4 Å². The van der Waals surface area contributed by atoms with Crippen molar-refractivity contribution >= 4 is 26.7 Å². The Kier molecular flexibility index (Phi) is 5.65. The van der Waals surface area contributed by atoms with Gasteiger partial charge in [-0.05, 0) is 41.1 Å². The molecule has 0 spiro atoms. The zero-order valence-corrected chi connectivity index (χ0v) is 18.0. The minimum Gasteiger partial charge on any atom is -0.496 e. The van der Waals surface area contributed by atoms with E-state index in [1.165, 1.54) is 19.2 Å². The Labute approximate surface area is 184 Å². The Morgan fingerprint density at radius 1 is 1.23 bits per heavy atom. The van der Waals surface area contributed by atoms with Crippen LogP contribution in [0.3, 0.4) is 0 Å². The van der Waals surface area contributed by atoms with E-state index in [1.54, 1.807) is 6.07 Å². The Morgan fingerprint density at radius 3 is 2.71 bits per heavy atom. The number of nitrogens with two attached hydrogens (primary N) is 1. The monoisotopic (exact) mass is 495 g/mol. The summed E-state index contributed by atoms with van der Waals surface area (Å²) in [7, 11) is 1.51. The van der Waals surface area contributed by atoms with Crippen LogP contribution in [-0.2, 0) is 12.6 Å². The minimum atomic E-state index is -4.64. The molecule has 1 aliphatic rings. The number of benzene rings is 3. The minimum absolute atomic E-state index is 0.121. The fraction of sp³-hybridized carbons (Fsp3) is 0.273. The van der Waals surface area contributed by atoms with Crippen LogP contribution in [0.5, 0.6) is 11.5 Å². The number of ether oxygens (including phenoxy) is 2. The van der Waals surface area contributed by atoms with Gasteiger partial charge in [-0.15, -0.1) is 0 Å². The molecule has 31 heavy (non-hydrogen) atoms. The van der Waals surface area contributed by atoms with Gasteiger partial charge < -0.3 is 9.47 Å². The number of para-hydroxylation sites is 1. The molecule has 1 aliphatic heterocycles. The lowest BCUT2D eigenvalue weighted by Gasteiger charge is -2.18. The maximum absolute atomic E-state index is 13.6. The fourth-order valence-corrected chi connectivity index (χ4v) is 4.35. The Hall–Kier alpha value is -2.65. The zero-order valence-electron chi connectivity index (χ0n) is 16.4. The molecule has 3 aromatic carbocycles. The topological polar surface area (TPSA) is 64.6 Å². The number of alkyl halides is 3. The van der Waals surface area contributed by atoms with Gasteiger partial charge in [0, 0.05) is 26.1 Å². The van der Waals surface area contributed by atoms with Crippen LogP contribution in [0.25, 0.3) is 10.8 Å². The van der Waals surface area contributed by atoms with Crippen LogP contribution in [0, 0.1) is 4.91 Å². The SMILES string of the molecule is COc1ccc2cc(Br)ccc2c1CC1c2cccc(C(F)(F)F)c2OC(N)C[N+]1=O. The molecule has 162 valence electrons. The summed E-state index contributed by atoms with van der Waals surface area (Å²) in [6, 6.07) is 12.1. The van der Waals surface area contributed by atoms with Gasteiger partial charge in [0.15, 0.2) is 0 Å². The molecule has 0 amide bonds. The first-order valence-electron chi connectivity index (χ1n) is 9.50. The molecule has 0 aromatic heterocycles. The largest absolute Gasteiger partial charge is 0.496 e. The van der Waals surface area contributed by atoms with E-state index in [9.17, 15) is 18.1 Å². The maximum Gasteiger partial charge on any atom is 0.419 e. The molecule has 0 saturated heterocycles. The lowest BCUT2D eigenvalue weighted by molar-refractivity contribution is -0.595. The molecule has 5 nitrogen and oxygen atoms in total. The van der Waals surface area contributed by atoms with Crippen LogP contribution in [0.1, 0.15) is 22.7 Å². The number of hydrogen-bond acceptors (Lipinski definition) is 4. The molecule has 0 fully saturated rings. The van der Waals surface area contributed by atoms with Crippen LogP contribution < -0.4 is 15.2 Å². The lowest BCUT2D eigenvalue weighted by Crippen LogP contribution is -2.35. The number of halogens is 4. The average molecular weight is 496 g/mol. The molecular weight excluding hydrogens is 477 g/mol. The van der Waals surface area contributed by atoms with Crippen molar-refractivity contribution in [2.75, 3.05) is 13.7 Å². The van der Waals surface area contributed by atoms with Gasteiger partial charge in [-0.3, -0.25) is 5.73 Å². The predicted molar refractivity (Wildman–Crippen MR) is 113 cm³/mol. The number of nitrogens with zero attached hydrogens (tertiary/aromatic N) is 1. The molecule has 0 aliphatic carbocycles. The van der Waals surface area contributed by atoms with Crippen molar-refractivity contribution in [2.45, 2.75) is 24.9 Å². The van der Waals surface area contributed by atoms with E-state index in [1.807, 2.05) is 24.3 Å². The average Bonchev–Trinajstić information content (AvgIpc) is 2.82. The molecule has 9 heteroatoms. The van der Waals surface area contributed by atoms with Crippen molar-refractivity contribution in [2.24, 2.45) is 5.73 Å². The summed E-state index contributed by atoms with van der Waals surface area (Å²) in [4.78, 5) is 13.0. The Morgan fingerprint density at radius 2 is 2.00 bits per heavy atom. The van der Waals surface area contributed by atoms with E-state index in [4.69, 9.17) is 15.2 Å². The summed E-state index contributed by atoms with van der Waals surface area (Å²) in [6.45, 7) is -0.269. The summed E-state index contributed by atoms with van der Waals surface area (Å²) < 4.78 is 53.3. The fourth-order valence-electron chi connectivity index (χ4n) is 3.97. The molecule has 0 radical (unpaired) electrons. The van der Waals surface area contributed by atoms with E-state index < -0.39 is 29.8 Å². The van der Waals surface area contributed by atoms with Gasteiger partial charge in [-0.25, -0.2) is 0 Å². The van der Waals surface area contributed by atoms with Gasteiger partial charge in [0.25, 0.3) is 0 Å². The number of fused-ring (bicyclic) bond motifs is 2. The molecule has 0 saturated carbocycles. The van der Waals surface area contributed by atoms with Gasteiger partial charge in [-0.2, -0.15) is 13.2 Å². The molecule has 4 rings (SSSR count). The second-order valence-corrected chi connectivity index (χ2v) is 8.23. The summed E-state index contributed by atoms with van der Waals surface area (Å²) in [5.41, 5.74) is 5.73. The van der Waals surface area contributed by atoms with Gasteiger partial charge >= 0.3 is 6.18 Å². The highest BCUT2D eigenvalue weighted by atomic mass is 79.9. The van der Waals surface area contributed by atoms with Gasteiger partial charge in [0.2, 0.25) is 18.8 Å². The van der Waals surface area contributed by atoms with Crippen molar-refractivity contribution in [1.82, 2.24) is 0 Å². The highest BCUT2D eigenvalue weighted by molar-refractivity contribution is 9.10. The van der Waals surface area contributed by atoms with E-state index in [0.29, 0.717) is 10.5 Å². The highest BCUT2D eigenvalue weighted by Crippen LogP contribution is 2.44. The van der Waals surface area contributed by atoms with Gasteiger partial charge in [-0.1, -0.05) is 34.1 Å². The first-order valence-corrected chi connectivity index (χ1v) is 10.3.